The highest BCUT2D eigenvalue weighted by molar-refractivity contribution is 5.98. The van der Waals surface area contributed by atoms with Gasteiger partial charge in [-0.3, -0.25) is 9.69 Å². The number of ether oxygens (including phenoxy) is 2. The van der Waals surface area contributed by atoms with E-state index in [-0.39, 0.29) is 18.0 Å². The van der Waals surface area contributed by atoms with Gasteiger partial charge < -0.3 is 9.47 Å². The van der Waals surface area contributed by atoms with Crippen LogP contribution in [0.4, 0.5) is 4.79 Å². The van der Waals surface area contributed by atoms with Gasteiger partial charge in [0.05, 0.1) is 32.8 Å². The van der Waals surface area contributed by atoms with Gasteiger partial charge in [0.15, 0.2) is 5.92 Å². The van der Waals surface area contributed by atoms with Gasteiger partial charge in [-0.05, 0) is 52.0 Å². The first-order valence-electron chi connectivity index (χ1n) is 14.1. The normalized spacial score (nSPS) is 18.3. The van der Waals surface area contributed by atoms with E-state index >= 15 is 0 Å². The summed E-state index contributed by atoms with van der Waals surface area (Å²) in [4.78, 5) is 43.1. The largest absolute Gasteiger partial charge is 0.459 e. The zero-order valence-electron chi connectivity index (χ0n) is 24.0. The molecule has 1 aliphatic rings. The maximum Gasteiger partial charge on any atom is 0.426 e. The van der Waals surface area contributed by atoms with E-state index < -0.39 is 22.0 Å². The van der Waals surface area contributed by atoms with Crippen molar-refractivity contribution in [1.82, 2.24) is 4.90 Å². The number of imide groups is 1. The highest BCUT2D eigenvalue weighted by atomic mass is 16.6. The Morgan fingerprint density at radius 1 is 1.05 bits per heavy atom. The van der Waals surface area contributed by atoms with Gasteiger partial charge in [0.25, 0.3) is 0 Å². The van der Waals surface area contributed by atoms with Gasteiger partial charge in [-0.25, -0.2) is 9.59 Å². The topological polar surface area (TPSA) is 72.9 Å². The van der Waals surface area contributed by atoms with Crippen molar-refractivity contribution < 1.29 is 28.3 Å². The molecule has 37 heavy (non-hydrogen) atoms. The Morgan fingerprint density at radius 2 is 1.76 bits per heavy atom. The molecule has 1 saturated heterocycles. The zero-order valence-corrected chi connectivity index (χ0v) is 24.0. The summed E-state index contributed by atoms with van der Waals surface area (Å²) in [7, 11) is 1.68. The second-order valence-electron chi connectivity index (χ2n) is 11.5. The fraction of sp³-hybridized carbons (Fsp3) is 0.700. The van der Waals surface area contributed by atoms with Crippen molar-refractivity contribution in [3.8, 4) is 0 Å². The third-order valence-electron chi connectivity index (χ3n) is 6.96. The average molecular weight is 518 g/mol. The summed E-state index contributed by atoms with van der Waals surface area (Å²) in [6, 6.07) is 9.64. The summed E-state index contributed by atoms with van der Waals surface area (Å²) in [5.41, 5.74) is 0.385. The SMILES string of the molecule is CCCCCC[C@H](C(=O)OC(C)(C)C)C(=O)[N@+](C)(CCC)C(=O)N1CCC[C@H]1COCc1ccccc1. The molecular formula is C30H49N2O5+. The summed E-state index contributed by atoms with van der Waals surface area (Å²) in [6.07, 6.45) is 6.58. The predicted molar refractivity (Wildman–Crippen MR) is 146 cm³/mol. The maximum atomic E-state index is 14.0. The van der Waals surface area contributed by atoms with Crippen LogP contribution in [0.5, 0.6) is 0 Å². The first-order valence-corrected chi connectivity index (χ1v) is 14.1. The molecule has 7 heteroatoms. The van der Waals surface area contributed by atoms with Gasteiger partial charge in [0.1, 0.15) is 5.60 Å². The highest BCUT2D eigenvalue weighted by Crippen LogP contribution is 2.27. The lowest BCUT2D eigenvalue weighted by atomic mass is 9.97. The minimum atomic E-state index is -0.952. The molecule has 1 aromatic carbocycles. The molecule has 0 aromatic heterocycles. The van der Waals surface area contributed by atoms with Gasteiger partial charge in [-0.1, -0.05) is 69.9 Å². The second kappa shape index (κ2) is 14.6. The van der Waals surface area contributed by atoms with Crippen LogP contribution in [0, 0.1) is 5.92 Å². The van der Waals surface area contributed by atoms with Crippen LogP contribution >= 0.6 is 0 Å². The first kappa shape index (κ1) is 31.0. The van der Waals surface area contributed by atoms with Crippen molar-refractivity contribution in [1.29, 1.82) is 0 Å². The van der Waals surface area contributed by atoms with Gasteiger partial charge in [0, 0.05) is 6.54 Å². The Morgan fingerprint density at radius 3 is 2.38 bits per heavy atom. The lowest BCUT2D eigenvalue weighted by molar-refractivity contribution is -0.758. The standard InChI is InChI=1S/C30H49N2O5/c1-7-9-10-14-19-26(28(34)37-30(3,4)5)27(33)32(6,21-8-2)29(35)31-20-15-18-25(31)23-36-22-24-16-12-11-13-17-24/h11-13,16-17,25-26H,7-10,14-15,18-23H2,1-6H3/q+1/t25-,26-,32-/m0/s1. The smallest absolute Gasteiger partial charge is 0.426 e. The number of hydrogen-bond acceptors (Lipinski definition) is 5. The zero-order chi connectivity index (χ0) is 27.5. The van der Waals surface area contributed by atoms with E-state index in [2.05, 4.69) is 6.92 Å². The summed E-state index contributed by atoms with van der Waals surface area (Å²) >= 11 is 0. The van der Waals surface area contributed by atoms with Crippen LogP contribution in [0.25, 0.3) is 0 Å². The monoisotopic (exact) mass is 517 g/mol. The number of amides is 3. The minimum Gasteiger partial charge on any atom is -0.459 e. The fourth-order valence-corrected chi connectivity index (χ4v) is 5.01. The number of urea groups is 1. The lowest BCUT2D eigenvalue weighted by Crippen LogP contribution is -2.63. The molecule has 0 radical (unpaired) electrons. The van der Waals surface area contributed by atoms with Crippen LogP contribution in [-0.4, -0.2) is 65.7 Å². The van der Waals surface area contributed by atoms with Crippen LogP contribution < -0.4 is 0 Å². The number of nitrogens with zero attached hydrogens (tertiary/aromatic N) is 2. The first-order chi connectivity index (χ1) is 17.5. The number of likely N-dealkylation sites (tertiary alicyclic amines) is 1. The van der Waals surface area contributed by atoms with Crippen LogP contribution in [0.3, 0.4) is 0 Å². The van der Waals surface area contributed by atoms with Crippen LogP contribution in [0.15, 0.2) is 30.3 Å². The van der Waals surface area contributed by atoms with E-state index in [1.54, 1.807) is 27.8 Å². The second-order valence-corrected chi connectivity index (χ2v) is 11.5. The van der Waals surface area contributed by atoms with E-state index in [0.717, 1.165) is 44.1 Å². The fourth-order valence-electron chi connectivity index (χ4n) is 5.01. The minimum absolute atomic E-state index is 0.0807. The third-order valence-corrected chi connectivity index (χ3v) is 6.96. The molecule has 1 aliphatic heterocycles. The number of hydrogen-bond donors (Lipinski definition) is 0. The molecule has 1 fully saturated rings. The van der Waals surface area contributed by atoms with Crippen LogP contribution in [-0.2, 0) is 25.7 Å². The summed E-state index contributed by atoms with van der Waals surface area (Å²) < 4.78 is 11.2. The molecule has 3 atom stereocenters. The number of carbonyl (C=O) groups excluding carboxylic acids is 3. The molecule has 0 N–H and O–H groups in total. The van der Waals surface area contributed by atoms with Crippen molar-refractivity contribution in [3.63, 3.8) is 0 Å². The van der Waals surface area contributed by atoms with Crippen molar-refractivity contribution in [3.05, 3.63) is 35.9 Å². The number of carbonyl (C=O) groups is 3. The summed E-state index contributed by atoms with van der Waals surface area (Å²) in [5, 5.41) is 0. The Hall–Kier alpha value is -2.25. The quantitative estimate of drug-likeness (QED) is 0.137. The molecule has 0 bridgehead atoms. The number of esters is 1. The number of rotatable bonds is 13. The molecule has 2 rings (SSSR count). The molecule has 7 nitrogen and oxygen atoms in total. The molecule has 0 unspecified atom stereocenters. The Balaban J connectivity index is 2.19. The van der Waals surface area contributed by atoms with E-state index in [9.17, 15) is 14.4 Å². The van der Waals surface area contributed by atoms with E-state index in [4.69, 9.17) is 9.47 Å². The van der Waals surface area contributed by atoms with Crippen molar-refractivity contribution in [2.45, 2.75) is 104 Å². The van der Waals surface area contributed by atoms with Crippen molar-refractivity contribution >= 4 is 17.9 Å². The van der Waals surface area contributed by atoms with Gasteiger partial charge >= 0.3 is 17.9 Å². The lowest BCUT2D eigenvalue weighted by Gasteiger charge is -2.36. The third kappa shape index (κ3) is 9.22. The van der Waals surface area contributed by atoms with Gasteiger partial charge in [-0.15, -0.1) is 0 Å². The summed E-state index contributed by atoms with van der Waals surface area (Å²) in [5.74, 6) is -1.83. The van der Waals surface area contributed by atoms with Crippen LogP contribution in [0.1, 0.15) is 91.5 Å². The molecule has 3 amide bonds. The van der Waals surface area contributed by atoms with Gasteiger partial charge in [-0.2, -0.15) is 4.48 Å². The van der Waals surface area contributed by atoms with E-state index in [1.165, 1.54) is 0 Å². The average Bonchev–Trinajstić information content (AvgIpc) is 3.31. The highest BCUT2D eigenvalue weighted by Gasteiger charge is 2.51. The molecule has 0 aliphatic carbocycles. The Labute approximate surface area is 224 Å². The molecule has 1 heterocycles. The predicted octanol–water partition coefficient (Wildman–Crippen LogP) is 6.10. The summed E-state index contributed by atoms with van der Waals surface area (Å²) in [6.45, 7) is 11.4. The van der Waals surface area contributed by atoms with Crippen molar-refractivity contribution in [2.75, 3.05) is 26.7 Å². The van der Waals surface area contributed by atoms with E-state index in [0.29, 0.717) is 39.1 Å². The number of unbranched alkanes of at least 4 members (excludes halogenated alkanes) is 3. The molecule has 208 valence electrons. The van der Waals surface area contributed by atoms with Gasteiger partial charge in [0.2, 0.25) is 0 Å². The Bertz CT molecular complexity index is 866. The number of quaternary nitrogens is 1. The molecule has 0 spiro atoms. The van der Waals surface area contributed by atoms with Crippen LogP contribution in [0.2, 0.25) is 0 Å². The number of benzene rings is 1. The maximum absolute atomic E-state index is 14.0. The molecular weight excluding hydrogens is 468 g/mol. The molecule has 0 saturated carbocycles. The Kier molecular flexibility index (Phi) is 12.2. The van der Waals surface area contributed by atoms with E-state index in [1.807, 2.05) is 42.2 Å². The molecule has 1 aromatic rings. The van der Waals surface area contributed by atoms with Crippen molar-refractivity contribution in [2.24, 2.45) is 5.92 Å².